The molecular weight excluding hydrogens is 598 g/mol. The molecule has 0 bridgehead atoms. The third-order valence-electron chi connectivity index (χ3n) is 8.63. The van der Waals surface area contributed by atoms with Crippen LogP contribution in [0.5, 0.6) is 0 Å². The van der Waals surface area contributed by atoms with Gasteiger partial charge in [0.15, 0.2) is 5.13 Å². The lowest BCUT2D eigenvalue weighted by Crippen LogP contribution is -2.32. The first-order valence-corrected chi connectivity index (χ1v) is 16.8. The first-order valence-electron chi connectivity index (χ1n) is 15.2. The number of nitrogens with zero attached hydrogens (tertiary/aromatic N) is 1. The Labute approximate surface area is 257 Å². The first kappa shape index (κ1) is 31.5. The number of anilines is 1. The van der Waals surface area contributed by atoms with Gasteiger partial charge in [0, 0.05) is 11.0 Å². The number of urea groups is 1. The topological polar surface area (TPSA) is 80.3 Å². The number of carbonyl (C=O) groups excluding carboxylic acids is 2. The molecule has 2 aliphatic carbocycles. The van der Waals surface area contributed by atoms with Gasteiger partial charge in [0.2, 0.25) is 0 Å². The number of nitrogens with one attached hydrogen (secondary N) is 2. The number of thiazole rings is 1. The van der Waals surface area contributed by atoms with Gasteiger partial charge < -0.3 is 10.1 Å². The number of halogens is 1. The van der Waals surface area contributed by atoms with Crippen molar-refractivity contribution in [3.8, 4) is 0 Å². The van der Waals surface area contributed by atoms with Crippen LogP contribution in [0, 0.1) is 11.3 Å². The average Bonchev–Trinajstić information content (AvgIpc) is 3.22. The highest BCUT2D eigenvalue weighted by Crippen LogP contribution is 2.43. The minimum Gasteiger partial charge on any atom is -0.466 e. The van der Waals surface area contributed by atoms with E-state index in [1.807, 2.05) is 13.8 Å². The van der Waals surface area contributed by atoms with Crippen molar-refractivity contribution < 1.29 is 14.3 Å². The van der Waals surface area contributed by atoms with Crippen molar-refractivity contribution >= 4 is 60.2 Å². The number of fused-ring (bicyclic) bond motifs is 1. The van der Waals surface area contributed by atoms with Gasteiger partial charge in [0.25, 0.3) is 0 Å². The maximum absolute atomic E-state index is 12.9. The fourth-order valence-corrected chi connectivity index (χ4v) is 7.80. The number of esters is 1. The van der Waals surface area contributed by atoms with Gasteiger partial charge in [-0.3, -0.25) is 10.1 Å². The molecule has 1 heterocycles. The molecule has 2 unspecified atom stereocenters. The van der Waals surface area contributed by atoms with Gasteiger partial charge in [0.05, 0.1) is 22.2 Å². The molecule has 0 aliphatic heterocycles. The Kier molecular flexibility index (Phi) is 11.2. The number of allylic oxidation sites excluding steroid dienone is 6. The van der Waals surface area contributed by atoms with Crippen LogP contribution in [-0.4, -0.2) is 30.1 Å². The molecule has 222 valence electrons. The fourth-order valence-electron chi connectivity index (χ4n) is 6.26. The molecule has 2 aromatic rings. The largest absolute Gasteiger partial charge is 0.466 e. The molecule has 41 heavy (non-hydrogen) atoms. The van der Waals surface area contributed by atoms with Gasteiger partial charge in [-0.1, -0.05) is 61.8 Å². The number of carbonyl (C=O) groups is 2. The Morgan fingerprint density at radius 2 is 2.00 bits per heavy atom. The zero-order valence-corrected chi connectivity index (χ0v) is 27.3. The Hall–Kier alpha value is -2.45. The fraction of sp³-hybridized carbons (Fsp3) is 0.545. The van der Waals surface area contributed by atoms with Crippen molar-refractivity contribution in [1.82, 2.24) is 10.3 Å². The van der Waals surface area contributed by atoms with E-state index in [9.17, 15) is 9.59 Å². The zero-order chi connectivity index (χ0) is 29.4. The van der Waals surface area contributed by atoms with Crippen molar-refractivity contribution in [2.45, 2.75) is 91.9 Å². The third-order valence-corrected chi connectivity index (χ3v) is 10.5. The second kappa shape index (κ2) is 14.6. The van der Waals surface area contributed by atoms with E-state index in [0.717, 1.165) is 78.0 Å². The normalized spacial score (nSPS) is 21.6. The number of aromatic nitrogens is 1. The van der Waals surface area contributed by atoms with Gasteiger partial charge in [-0.25, -0.2) is 9.78 Å². The number of rotatable bonds is 9. The van der Waals surface area contributed by atoms with Gasteiger partial charge in [-0.15, -0.1) is 0 Å². The predicted molar refractivity (Wildman–Crippen MR) is 174 cm³/mol. The second-order valence-electron chi connectivity index (χ2n) is 11.2. The van der Waals surface area contributed by atoms with E-state index >= 15 is 0 Å². The minimum atomic E-state index is -0.305. The molecular formula is C33H44BrN3O3S. The molecule has 1 fully saturated rings. The van der Waals surface area contributed by atoms with E-state index in [1.54, 1.807) is 5.57 Å². The number of amides is 2. The summed E-state index contributed by atoms with van der Waals surface area (Å²) >= 11 is 5.23. The molecule has 4 rings (SSSR count). The zero-order valence-electron chi connectivity index (χ0n) is 24.9. The molecule has 2 amide bonds. The maximum Gasteiger partial charge on any atom is 0.321 e. The van der Waals surface area contributed by atoms with Gasteiger partial charge >= 0.3 is 12.0 Å². The molecule has 2 aliphatic rings. The van der Waals surface area contributed by atoms with E-state index in [1.165, 1.54) is 28.9 Å². The van der Waals surface area contributed by atoms with E-state index in [2.05, 4.69) is 70.8 Å². The van der Waals surface area contributed by atoms with Crippen LogP contribution in [0.3, 0.4) is 0 Å². The molecule has 1 aromatic carbocycles. The van der Waals surface area contributed by atoms with Gasteiger partial charge in [-0.05, 0) is 116 Å². The molecule has 1 aromatic heterocycles. The summed E-state index contributed by atoms with van der Waals surface area (Å²) in [5, 5.41) is 6.18. The number of benzene rings is 1. The Bertz CT molecular complexity index is 1340. The van der Waals surface area contributed by atoms with Crippen LogP contribution in [-0.2, 0) is 9.53 Å². The lowest BCUT2D eigenvalue weighted by molar-refractivity contribution is -0.156. The summed E-state index contributed by atoms with van der Waals surface area (Å²) in [6.45, 7) is 9.21. The van der Waals surface area contributed by atoms with Gasteiger partial charge in [0.1, 0.15) is 0 Å². The second-order valence-corrected chi connectivity index (χ2v) is 13.0. The summed E-state index contributed by atoms with van der Waals surface area (Å²) in [4.78, 5) is 29.6. The van der Waals surface area contributed by atoms with E-state index in [4.69, 9.17) is 9.72 Å². The molecule has 0 spiro atoms. The highest BCUT2D eigenvalue weighted by Gasteiger charge is 2.39. The number of ether oxygens (including phenoxy) is 1. The first-order chi connectivity index (χ1) is 19.8. The van der Waals surface area contributed by atoms with E-state index in [0.29, 0.717) is 24.2 Å². The Morgan fingerprint density at radius 3 is 2.73 bits per heavy atom. The van der Waals surface area contributed by atoms with Crippen molar-refractivity contribution in [1.29, 1.82) is 0 Å². The van der Waals surface area contributed by atoms with Gasteiger partial charge in [-0.2, -0.15) is 0 Å². The summed E-state index contributed by atoms with van der Waals surface area (Å²) in [7, 11) is 0. The minimum absolute atomic E-state index is 0.00986. The lowest BCUT2D eigenvalue weighted by atomic mass is 9.77. The molecule has 1 saturated carbocycles. The molecule has 6 nitrogen and oxygen atoms in total. The molecule has 2 N–H and O–H groups in total. The van der Waals surface area contributed by atoms with Crippen molar-refractivity contribution in [2.75, 3.05) is 18.5 Å². The molecule has 0 radical (unpaired) electrons. The van der Waals surface area contributed by atoms with Crippen LogP contribution < -0.4 is 10.6 Å². The summed E-state index contributed by atoms with van der Waals surface area (Å²) in [5.41, 5.74) is 5.83. The van der Waals surface area contributed by atoms with Crippen LogP contribution in [0.15, 0.2) is 46.0 Å². The Morgan fingerprint density at radius 1 is 1.17 bits per heavy atom. The van der Waals surface area contributed by atoms with Crippen LogP contribution in [0.25, 0.3) is 15.8 Å². The number of hydrogen-bond donors (Lipinski definition) is 2. The van der Waals surface area contributed by atoms with E-state index in [-0.39, 0.29) is 17.4 Å². The van der Waals surface area contributed by atoms with E-state index < -0.39 is 0 Å². The third kappa shape index (κ3) is 7.69. The van der Waals surface area contributed by atoms with Crippen molar-refractivity contribution in [3.63, 3.8) is 0 Å². The van der Waals surface area contributed by atoms with Crippen LogP contribution in [0.1, 0.15) is 97.5 Å². The van der Waals surface area contributed by atoms with Crippen LogP contribution in [0.4, 0.5) is 9.93 Å². The van der Waals surface area contributed by atoms with Crippen molar-refractivity contribution in [2.24, 2.45) is 11.3 Å². The van der Waals surface area contributed by atoms with Crippen LogP contribution >= 0.6 is 27.3 Å². The summed E-state index contributed by atoms with van der Waals surface area (Å²) < 4.78 is 7.50. The lowest BCUT2D eigenvalue weighted by Gasteiger charge is -2.29. The monoisotopic (exact) mass is 641 g/mol. The molecule has 8 heteroatoms. The summed E-state index contributed by atoms with van der Waals surface area (Å²) in [5.74, 6) is 0.613. The summed E-state index contributed by atoms with van der Waals surface area (Å²) in [6, 6.07) is 4.04. The van der Waals surface area contributed by atoms with Crippen molar-refractivity contribution in [3.05, 3.63) is 51.5 Å². The Balaban J connectivity index is 1.58. The SMILES string of the molecule is CCNC(=O)Nc1nc2cc(C3=CC(CC)=C(CC4CCCC(CC)(C(=O)OCC)CC4)CCC=C3)cc(Br)c2s1. The smallest absolute Gasteiger partial charge is 0.321 e. The molecule has 2 atom stereocenters. The predicted octanol–water partition coefficient (Wildman–Crippen LogP) is 9.57. The standard InChI is InChI=1S/C33H44BrN3O3S/c1-5-23-19-25(26-20-27(34)29-28(21-26)36-32(41-29)37-31(39)35-7-3)14-10-9-13-24(23)18-22-12-11-16-33(6-2,17-15-22)30(38)40-8-4/h10,14,19-22H,5-9,11-13,15-18H2,1-4H3,(H2,35,36,37,39). The highest BCUT2D eigenvalue weighted by molar-refractivity contribution is 9.10. The number of hydrogen-bond acceptors (Lipinski definition) is 5. The van der Waals surface area contributed by atoms with Crippen LogP contribution in [0.2, 0.25) is 0 Å². The quantitative estimate of drug-likeness (QED) is 0.211. The summed E-state index contributed by atoms with van der Waals surface area (Å²) in [6.07, 6.45) is 17.2. The average molecular weight is 643 g/mol. The maximum atomic E-state index is 12.9. The molecule has 0 saturated heterocycles. The highest BCUT2D eigenvalue weighted by atomic mass is 79.9.